The van der Waals surface area contributed by atoms with Gasteiger partial charge in [0.2, 0.25) is 5.91 Å². The second-order valence-electron chi connectivity index (χ2n) is 7.85. The van der Waals surface area contributed by atoms with Crippen molar-refractivity contribution < 1.29 is 9.21 Å². The van der Waals surface area contributed by atoms with Gasteiger partial charge in [0.15, 0.2) is 0 Å². The molecule has 1 atom stereocenters. The molecular weight excluding hydrogens is 356 g/mol. The smallest absolute Gasteiger partial charge is 0.316 e. The summed E-state index contributed by atoms with van der Waals surface area (Å²) in [5.41, 5.74) is 2.62. The van der Waals surface area contributed by atoms with Crippen LogP contribution in [0.2, 0.25) is 0 Å². The van der Waals surface area contributed by atoms with E-state index in [0.29, 0.717) is 11.1 Å². The van der Waals surface area contributed by atoms with Crippen molar-refractivity contribution in [2.24, 2.45) is 5.41 Å². The lowest BCUT2D eigenvalue weighted by molar-refractivity contribution is -0.133. The van der Waals surface area contributed by atoms with Crippen LogP contribution in [0, 0.1) is 5.41 Å². The first kappa shape index (κ1) is 17.1. The molecule has 0 bridgehead atoms. The van der Waals surface area contributed by atoms with Gasteiger partial charge >= 0.3 is 6.01 Å². The van der Waals surface area contributed by atoms with Gasteiger partial charge in [0.05, 0.1) is 17.2 Å². The van der Waals surface area contributed by atoms with Crippen molar-refractivity contribution in [3.05, 3.63) is 30.5 Å². The van der Waals surface area contributed by atoms with Crippen molar-refractivity contribution in [1.82, 2.24) is 25.1 Å². The Morgan fingerprint density at radius 3 is 2.64 bits per heavy atom. The molecule has 2 aromatic heterocycles. The van der Waals surface area contributed by atoms with E-state index in [-0.39, 0.29) is 17.8 Å². The second kappa shape index (κ2) is 6.54. The maximum atomic E-state index is 12.7. The molecule has 1 amide bonds. The zero-order chi connectivity index (χ0) is 19.1. The largest absolute Gasteiger partial charge is 0.402 e. The summed E-state index contributed by atoms with van der Waals surface area (Å²) < 4.78 is 5.66. The van der Waals surface area contributed by atoms with Crippen molar-refractivity contribution in [3.8, 4) is 11.6 Å². The van der Waals surface area contributed by atoms with Gasteiger partial charge in [-0.3, -0.25) is 9.78 Å². The lowest BCUT2D eigenvalue weighted by Gasteiger charge is -2.33. The molecule has 1 N–H and O–H groups in total. The summed E-state index contributed by atoms with van der Waals surface area (Å²) in [6, 6.07) is 7.38. The predicted octanol–water partition coefficient (Wildman–Crippen LogP) is 2.88. The summed E-state index contributed by atoms with van der Waals surface area (Å²) in [7, 11) is 0. The van der Waals surface area contributed by atoms with E-state index >= 15 is 0 Å². The molecule has 3 aromatic rings. The number of rotatable bonds is 4. The number of aromatic nitrogens is 4. The number of amides is 1. The van der Waals surface area contributed by atoms with E-state index in [1.54, 1.807) is 6.20 Å². The van der Waals surface area contributed by atoms with Crippen LogP contribution in [-0.4, -0.2) is 50.1 Å². The van der Waals surface area contributed by atoms with Gasteiger partial charge in [-0.1, -0.05) is 17.2 Å². The highest BCUT2D eigenvalue weighted by molar-refractivity contribution is 5.84. The molecular formula is C20H22N6O2. The molecule has 1 aromatic carbocycles. The molecule has 0 unspecified atom stereocenters. The normalized spacial score (nSPS) is 19.0. The molecule has 8 nitrogen and oxygen atoms in total. The molecule has 2 fully saturated rings. The van der Waals surface area contributed by atoms with Crippen molar-refractivity contribution >= 4 is 23.0 Å². The average molecular weight is 378 g/mol. The monoisotopic (exact) mass is 378 g/mol. The Balaban J connectivity index is 1.25. The molecule has 2 aliphatic rings. The summed E-state index contributed by atoms with van der Waals surface area (Å²) in [4.78, 5) is 23.5. The highest BCUT2D eigenvalue weighted by Gasteiger charge is 2.45. The standard InChI is InChI=1S/C20H22N6O2/c1-13(18(27)26-10-8-20(6-7-20)9-11-26)22-19-25-24-17(28-19)16-12-21-14-4-2-3-5-15(14)23-16/h2-5,12-13H,6-11H2,1H3,(H,22,25)/t13-/m0/s1. The Labute approximate surface area is 162 Å². The molecule has 0 radical (unpaired) electrons. The van der Waals surface area contributed by atoms with Gasteiger partial charge in [0, 0.05) is 13.1 Å². The van der Waals surface area contributed by atoms with Crippen LogP contribution in [0.1, 0.15) is 32.6 Å². The number of anilines is 1. The highest BCUT2D eigenvalue weighted by Crippen LogP contribution is 2.53. The van der Waals surface area contributed by atoms with Gasteiger partial charge in [-0.05, 0) is 50.2 Å². The fourth-order valence-corrected chi connectivity index (χ4v) is 3.84. The number of hydrogen-bond donors (Lipinski definition) is 1. The van der Waals surface area contributed by atoms with Gasteiger partial charge < -0.3 is 14.6 Å². The SMILES string of the molecule is C[C@H](Nc1nnc(-c2cnc3ccccc3n2)o1)C(=O)N1CCC2(CC1)CC2. The molecule has 1 saturated carbocycles. The van der Waals surface area contributed by atoms with E-state index in [0.717, 1.165) is 37.0 Å². The topological polar surface area (TPSA) is 97.0 Å². The number of nitrogens with zero attached hydrogens (tertiary/aromatic N) is 5. The first-order valence-corrected chi connectivity index (χ1v) is 9.73. The van der Waals surface area contributed by atoms with Gasteiger partial charge in [-0.15, -0.1) is 5.10 Å². The van der Waals surface area contributed by atoms with Gasteiger partial charge in [0.1, 0.15) is 11.7 Å². The molecule has 1 saturated heterocycles. The lowest BCUT2D eigenvalue weighted by Crippen LogP contribution is -2.45. The number of para-hydroxylation sites is 2. The van der Waals surface area contributed by atoms with Crippen LogP contribution in [0.3, 0.4) is 0 Å². The van der Waals surface area contributed by atoms with E-state index in [4.69, 9.17) is 4.42 Å². The summed E-state index contributed by atoms with van der Waals surface area (Å²) in [6.45, 7) is 3.50. The van der Waals surface area contributed by atoms with Crippen LogP contribution in [0.4, 0.5) is 6.01 Å². The van der Waals surface area contributed by atoms with Crippen molar-refractivity contribution in [2.45, 2.75) is 38.6 Å². The van der Waals surface area contributed by atoms with Gasteiger partial charge in [-0.25, -0.2) is 4.98 Å². The fourth-order valence-electron chi connectivity index (χ4n) is 3.84. The van der Waals surface area contributed by atoms with E-state index in [9.17, 15) is 4.79 Å². The van der Waals surface area contributed by atoms with Crippen molar-refractivity contribution in [3.63, 3.8) is 0 Å². The summed E-state index contributed by atoms with van der Waals surface area (Å²) in [5, 5.41) is 11.1. The third-order valence-corrected chi connectivity index (χ3v) is 5.90. The minimum Gasteiger partial charge on any atom is -0.402 e. The van der Waals surface area contributed by atoms with Gasteiger partial charge in [0.25, 0.3) is 5.89 Å². The molecule has 1 spiro atoms. The Morgan fingerprint density at radius 1 is 1.14 bits per heavy atom. The minimum absolute atomic E-state index is 0.0701. The average Bonchev–Trinajstić information content (AvgIpc) is 3.31. The third-order valence-electron chi connectivity index (χ3n) is 5.90. The molecule has 8 heteroatoms. The third kappa shape index (κ3) is 3.19. The first-order chi connectivity index (χ1) is 13.6. The number of piperidine rings is 1. The second-order valence-corrected chi connectivity index (χ2v) is 7.85. The molecule has 1 aliphatic heterocycles. The summed E-state index contributed by atoms with van der Waals surface area (Å²) in [6.07, 6.45) is 6.50. The van der Waals surface area contributed by atoms with E-state index < -0.39 is 6.04 Å². The van der Waals surface area contributed by atoms with Crippen LogP contribution < -0.4 is 5.32 Å². The number of benzene rings is 1. The Hall–Kier alpha value is -3.03. The molecule has 28 heavy (non-hydrogen) atoms. The lowest BCUT2D eigenvalue weighted by atomic mass is 9.93. The summed E-state index contributed by atoms with van der Waals surface area (Å²) >= 11 is 0. The highest BCUT2D eigenvalue weighted by atomic mass is 16.4. The zero-order valence-corrected chi connectivity index (χ0v) is 15.8. The quantitative estimate of drug-likeness (QED) is 0.745. The number of nitrogens with one attached hydrogen (secondary N) is 1. The fraction of sp³-hybridized carbons (Fsp3) is 0.450. The van der Waals surface area contributed by atoms with E-state index in [1.807, 2.05) is 36.1 Å². The van der Waals surface area contributed by atoms with Crippen LogP contribution in [0.25, 0.3) is 22.6 Å². The Morgan fingerprint density at radius 2 is 1.89 bits per heavy atom. The minimum atomic E-state index is -0.427. The number of hydrogen-bond acceptors (Lipinski definition) is 7. The van der Waals surface area contributed by atoms with Crippen LogP contribution >= 0.6 is 0 Å². The van der Waals surface area contributed by atoms with Gasteiger partial charge in [-0.2, -0.15) is 0 Å². The van der Waals surface area contributed by atoms with Crippen LogP contribution in [0.15, 0.2) is 34.9 Å². The van der Waals surface area contributed by atoms with Crippen LogP contribution in [-0.2, 0) is 4.79 Å². The maximum Gasteiger partial charge on any atom is 0.316 e. The Kier molecular flexibility index (Phi) is 3.99. The van der Waals surface area contributed by atoms with E-state index in [2.05, 4.69) is 25.5 Å². The maximum absolute atomic E-state index is 12.7. The molecule has 1 aliphatic carbocycles. The number of fused-ring (bicyclic) bond motifs is 1. The number of carbonyl (C=O) groups excluding carboxylic acids is 1. The molecule has 5 rings (SSSR count). The Bertz CT molecular complexity index is 1020. The van der Waals surface area contributed by atoms with Crippen LogP contribution in [0.5, 0.6) is 0 Å². The first-order valence-electron chi connectivity index (χ1n) is 9.73. The predicted molar refractivity (Wildman–Crippen MR) is 103 cm³/mol. The zero-order valence-electron chi connectivity index (χ0n) is 15.8. The van der Waals surface area contributed by atoms with Crippen molar-refractivity contribution in [2.75, 3.05) is 18.4 Å². The number of carbonyl (C=O) groups is 1. The molecule has 3 heterocycles. The van der Waals surface area contributed by atoms with Crippen molar-refractivity contribution in [1.29, 1.82) is 0 Å². The molecule has 144 valence electrons. The summed E-state index contributed by atoms with van der Waals surface area (Å²) in [5.74, 6) is 0.342. The van der Waals surface area contributed by atoms with E-state index in [1.165, 1.54) is 12.8 Å². The number of likely N-dealkylation sites (tertiary alicyclic amines) is 1.